The SMILES string of the molecule is Cc1cccc(-n2nnc(C(C)N3CCCCn4c(-c5ccncc5)nnc43)n2)c1. The first kappa shape index (κ1) is 18.4. The maximum Gasteiger partial charge on any atom is 0.228 e. The normalized spacial score (nSPS) is 14.9. The van der Waals surface area contributed by atoms with Crippen molar-refractivity contribution in [3.63, 3.8) is 0 Å². The van der Waals surface area contributed by atoms with Crippen LogP contribution in [0.15, 0.2) is 48.8 Å². The number of hydrogen-bond acceptors (Lipinski definition) is 7. The Kier molecular flexibility index (Phi) is 4.70. The number of anilines is 1. The van der Waals surface area contributed by atoms with Gasteiger partial charge in [0.25, 0.3) is 0 Å². The van der Waals surface area contributed by atoms with Gasteiger partial charge in [-0.25, -0.2) is 0 Å². The van der Waals surface area contributed by atoms with Gasteiger partial charge in [0, 0.05) is 31.0 Å². The third-order valence-corrected chi connectivity index (χ3v) is 5.46. The number of tetrazole rings is 1. The molecule has 1 aliphatic rings. The highest BCUT2D eigenvalue weighted by Crippen LogP contribution is 2.30. The van der Waals surface area contributed by atoms with Gasteiger partial charge in [0.15, 0.2) is 11.6 Å². The van der Waals surface area contributed by atoms with Crippen molar-refractivity contribution in [1.82, 2.24) is 40.0 Å². The number of rotatable bonds is 4. The highest BCUT2D eigenvalue weighted by Gasteiger charge is 2.28. The Labute approximate surface area is 174 Å². The maximum atomic E-state index is 4.65. The fourth-order valence-corrected chi connectivity index (χ4v) is 3.84. The van der Waals surface area contributed by atoms with E-state index in [1.165, 1.54) is 0 Å². The average Bonchev–Trinajstić information content (AvgIpc) is 3.37. The summed E-state index contributed by atoms with van der Waals surface area (Å²) in [5, 5.41) is 22.3. The van der Waals surface area contributed by atoms with E-state index in [0.29, 0.717) is 5.82 Å². The summed E-state index contributed by atoms with van der Waals surface area (Å²) < 4.78 is 2.18. The molecular formula is C21H23N9. The number of hydrogen-bond donors (Lipinski definition) is 0. The zero-order valence-corrected chi connectivity index (χ0v) is 17.0. The van der Waals surface area contributed by atoms with Crippen LogP contribution in [0, 0.1) is 6.92 Å². The summed E-state index contributed by atoms with van der Waals surface area (Å²) in [5.74, 6) is 2.38. The Morgan fingerprint density at radius 3 is 2.63 bits per heavy atom. The summed E-state index contributed by atoms with van der Waals surface area (Å²) in [4.78, 5) is 7.92. The molecule has 30 heavy (non-hydrogen) atoms. The van der Waals surface area contributed by atoms with E-state index in [1.807, 2.05) is 30.3 Å². The van der Waals surface area contributed by atoms with Crippen molar-refractivity contribution in [3.8, 4) is 17.1 Å². The van der Waals surface area contributed by atoms with Crippen LogP contribution < -0.4 is 4.90 Å². The van der Waals surface area contributed by atoms with Gasteiger partial charge < -0.3 is 4.90 Å². The van der Waals surface area contributed by atoms with E-state index in [2.05, 4.69) is 60.0 Å². The Bertz CT molecular complexity index is 1150. The number of nitrogens with zero attached hydrogens (tertiary/aromatic N) is 9. The molecule has 1 aliphatic heterocycles. The lowest BCUT2D eigenvalue weighted by Gasteiger charge is -2.26. The quantitative estimate of drug-likeness (QED) is 0.519. The summed E-state index contributed by atoms with van der Waals surface area (Å²) in [6.07, 6.45) is 5.69. The highest BCUT2D eigenvalue weighted by molar-refractivity contribution is 5.57. The molecular weight excluding hydrogens is 378 g/mol. The average molecular weight is 401 g/mol. The lowest BCUT2D eigenvalue weighted by Crippen LogP contribution is -2.30. The molecule has 9 nitrogen and oxygen atoms in total. The lowest BCUT2D eigenvalue weighted by molar-refractivity contribution is 0.605. The number of benzene rings is 1. The Morgan fingerprint density at radius 2 is 1.80 bits per heavy atom. The first-order chi connectivity index (χ1) is 14.7. The second-order valence-electron chi connectivity index (χ2n) is 7.56. The highest BCUT2D eigenvalue weighted by atomic mass is 15.6. The Morgan fingerprint density at radius 1 is 0.967 bits per heavy atom. The predicted molar refractivity (Wildman–Crippen MR) is 112 cm³/mol. The minimum absolute atomic E-state index is 0.0742. The zero-order valence-electron chi connectivity index (χ0n) is 17.0. The van der Waals surface area contributed by atoms with E-state index < -0.39 is 0 Å². The first-order valence-corrected chi connectivity index (χ1v) is 10.2. The number of pyridine rings is 1. The van der Waals surface area contributed by atoms with Gasteiger partial charge in [-0.2, -0.15) is 0 Å². The molecule has 0 aliphatic carbocycles. The van der Waals surface area contributed by atoms with Crippen molar-refractivity contribution in [2.75, 3.05) is 11.4 Å². The Hall–Kier alpha value is -3.62. The molecule has 0 amide bonds. The summed E-state index contributed by atoms with van der Waals surface area (Å²) in [6.45, 7) is 5.89. The van der Waals surface area contributed by atoms with Crippen LogP contribution in [0.4, 0.5) is 5.95 Å². The number of aryl methyl sites for hydroxylation is 1. The van der Waals surface area contributed by atoms with Crippen LogP contribution in [0.3, 0.4) is 0 Å². The predicted octanol–water partition coefficient (Wildman–Crippen LogP) is 2.99. The number of fused-ring (bicyclic) bond motifs is 1. The van der Waals surface area contributed by atoms with E-state index in [1.54, 1.807) is 17.2 Å². The fourth-order valence-electron chi connectivity index (χ4n) is 3.84. The molecule has 0 saturated carbocycles. The third kappa shape index (κ3) is 3.32. The molecule has 5 rings (SSSR count). The fraction of sp³-hybridized carbons (Fsp3) is 0.333. The largest absolute Gasteiger partial charge is 0.331 e. The molecule has 1 atom stereocenters. The molecule has 0 fully saturated rings. The van der Waals surface area contributed by atoms with E-state index in [0.717, 1.165) is 54.5 Å². The second-order valence-corrected chi connectivity index (χ2v) is 7.56. The van der Waals surface area contributed by atoms with Gasteiger partial charge in [-0.3, -0.25) is 9.55 Å². The molecule has 0 saturated heterocycles. The van der Waals surface area contributed by atoms with Crippen molar-refractivity contribution < 1.29 is 0 Å². The van der Waals surface area contributed by atoms with Gasteiger partial charge in [-0.05, 0) is 61.7 Å². The van der Waals surface area contributed by atoms with Gasteiger partial charge in [0.05, 0.1) is 11.7 Å². The summed E-state index contributed by atoms with van der Waals surface area (Å²) in [7, 11) is 0. The van der Waals surface area contributed by atoms with Crippen LogP contribution in [0.2, 0.25) is 0 Å². The molecule has 0 spiro atoms. The molecule has 4 aromatic rings. The number of aromatic nitrogens is 8. The van der Waals surface area contributed by atoms with Crippen molar-refractivity contribution in [3.05, 3.63) is 60.2 Å². The van der Waals surface area contributed by atoms with Crippen LogP contribution in [-0.2, 0) is 6.54 Å². The molecule has 1 unspecified atom stereocenters. The van der Waals surface area contributed by atoms with Gasteiger partial charge in [-0.15, -0.1) is 25.2 Å². The zero-order chi connectivity index (χ0) is 20.5. The maximum absolute atomic E-state index is 4.65. The third-order valence-electron chi connectivity index (χ3n) is 5.46. The van der Waals surface area contributed by atoms with Crippen LogP contribution in [0.1, 0.15) is 37.2 Å². The van der Waals surface area contributed by atoms with Gasteiger partial charge >= 0.3 is 0 Å². The smallest absolute Gasteiger partial charge is 0.228 e. The van der Waals surface area contributed by atoms with E-state index in [4.69, 9.17) is 0 Å². The molecule has 9 heteroatoms. The topological polar surface area (TPSA) is 90.4 Å². The lowest BCUT2D eigenvalue weighted by atomic mass is 10.2. The molecule has 0 bridgehead atoms. The minimum atomic E-state index is -0.0742. The van der Waals surface area contributed by atoms with Gasteiger partial charge in [0.2, 0.25) is 5.95 Å². The molecule has 0 N–H and O–H groups in total. The molecule has 152 valence electrons. The summed E-state index contributed by atoms with van der Waals surface area (Å²) in [5.41, 5.74) is 3.07. The van der Waals surface area contributed by atoms with Crippen molar-refractivity contribution in [2.24, 2.45) is 0 Å². The van der Waals surface area contributed by atoms with E-state index in [9.17, 15) is 0 Å². The van der Waals surface area contributed by atoms with E-state index in [-0.39, 0.29) is 6.04 Å². The van der Waals surface area contributed by atoms with Crippen LogP contribution in [0.25, 0.3) is 17.1 Å². The molecule has 1 aromatic carbocycles. The second kappa shape index (κ2) is 7.66. The van der Waals surface area contributed by atoms with Crippen molar-refractivity contribution in [2.45, 2.75) is 39.3 Å². The molecule has 0 radical (unpaired) electrons. The van der Waals surface area contributed by atoms with Gasteiger partial charge in [0.1, 0.15) is 0 Å². The van der Waals surface area contributed by atoms with Crippen LogP contribution in [-0.4, -0.2) is 46.5 Å². The van der Waals surface area contributed by atoms with E-state index >= 15 is 0 Å². The standard InChI is InChI=1S/C21H23N9/c1-15-6-5-7-18(14-15)30-26-19(23-27-30)16(2)28-12-3-4-13-29-20(24-25-21(28)29)17-8-10-22-11-9-17/h5-11,14,16H,3-4,12-13H2,1-2H3. The van der Waals surface area contributed by atoms with Crippen molar-refractivity contribution in [1.29, 1.82) is 0 Å². The Balaban J connectivity index is 1.47. The monoisotopic (exact) mass is 401 g/mol. The van der Waals surface area contributed by atoms with Crippen LogP contribution in [0.5, 0.6) is 0 Å². The first-order valence-electron chi connectivity index (χ1n) is 10.2. The molecule has 4 heterocycles. The van der Waals surface area contributed by atoms with Crippen LogP contribution >= 0.6 is 0 Å². The molecule has 3 aromatic heterocycles. The summed E-state index contributed by atoms with van der Waals surface area (Å²) in [6, 6.07) is 11.9. The van der Waals surface area contributed by atoms with Gasteiger partial charge in [-0.1, -0.05) is 12.1 Å². The van der Waals surface area contributed by atoms with Crippen molar-refractivity contribution >= 4 is 5.95 Å². The minimum Gasteiger partial charge on any atom is -0.331 e. The summed E-state index contributed by atoms with van der Waals surface area (Å²) >= 11 is 0.